The molecule has 0 radical (unpaired) electrons. The first-order valence-corrected chi connectivity index (χ1v) is 17.7. The summed E-state index contributed by atoms with van der Waals surface area (Å²) in [6.07, 6.45) is 0. The van der Waals surface area contributed by atoms with Gasteiger partial charge in [0.25, 0.3) is 0 Å². The zero-order chi connectivity index (χ0) is 38.2. The van der Waals surface area contributed by atoms with Gasteiger partial charge in [-0.2, -0.15) is 5.26 Å². The van der Waals surface area contributed by atoms with Crippen molar-refractivity contribution in [2.75, 3.05) is 0 Å². The van der Waals surface area contributed by atoms with Gasteiger partial charge in [0.1, 0.15) is 0 Å². The summed E-state index contributed by atoms with van der Waals surface area (Å²) in [4.78, 5) is 27.0. The second-order valence-corrected chi connectivity index (χ2v) is 13.2. The largest absolute Gasteiger partial charge is 0.247 e. The van der Waals surface area contributed by atoms with Crippen molar-refractivity contribution >= 4 is 49.8 Å². The maximum Gasteiger partial charge on any atom is 0.189 e. The summed E-state index contributed by atoms with van der Waals surface area (Å²) in [6, 6.07) is 50.6. The van der Waals surface area contributed by atoms with Crippen molar-refractivity contribution in [2.24, 2.45) is 0 Å². The predicted octanol–water partition coefficient (Wildman–Crippen LogP) is 13.2. The maximum absolute atomic E-state index is 9.62. The molecule has 0 saturated carbocycles. The number of hydrogen-bond donors (Lipinski definition) is 0. The summed E-state index contributed by atoms with van der Waals surface area (Å²) in [5, 5.41) is 12.4. The Balaban J connectivity index is 1.39. The Bertz CT molecular complexity index is 3160. The molecule has 2 aromatic heterocycles. The van der Waals surface area contributed by atoms with Crippen molar-refractivity contribution in [3.63, 3.8) is 0 Å². The van der Waals surface area contributed by atoms with E-state index in [9.17, 15) is 5.26 Å². The lowest BCUT2D eigenvalue weighted by Gasteiger charge is -2.18. The van der Waals surface area contributed by atoms with Gasteiger partial charge in [-0.3, -0.25) is 0 Å². The quantitative estimate of drug-likeness (QED) is 0.132. The molecule has 0 bridgehead atoms. The minimum absolute atomic E-state index is 0.407. The highest BCUT2D eigenvalue weighted by atomic mass is 14.8. The van der Waals surface area contributed by atoms with Crippen LogP contribution in [0.1, 0.15) is 5.56 Å². The first kappa shape index (κ1) is 33.4. The topological polar surface area (TPSA) is 75.5 Å². The summed E-state index contributed by atoms with van der Waals surface area (Å²) in [6.45, 7) is 22.6. The SMILES string of the molecule is [C-]#[N+]c1ccc(-c2nc3cc(-c4ccccc4)c4c5ccccc5nc(-c5ccc(-c6cc(C#N)cc([N+]#[C-])c6)cc5)c4c3nc2-c2ccc([N+]#[C-])cc2)cc1. The van der Waals surface area contributed by atoms with Crippen molar-refractivity contribution in [1.82, 2.24) is 15.0 Å². The van der Waals surface area contributed by atoms with Crippen LogP contribution in [0.4, 0.5) is 17.1 Å². The first-order valence-electron chi connectivity index (χ1n) is 17.7. The third kappa shape index (κ3) is 5.82. The Labute approximate surface area is 322 Å². The van der Waals surface area contributed by atoms with E-state index in [2.05, 4.69) is 44.9 Å². The molecule has 9 rings (SSSR count). The highest BCUT2D eigenvalue weighted by Crippen LogP contribution is 2.44. The number of rotatable bonds is 5. The number of nitrogens with zero attached hydrogens (tertiary/aromatic N) is 7. The zero-order valence-electron chi connectivity index (χ0n) is 29.6. The number of nitriles is 1. The highest BCUT2D eigenvalue weighted by molar-refractivity contribution is 6.25. The molecule has 0 aliphatic rings. The van der Waals surface area contributed by atoms with Crippen LogP contribution in [0.5, 0.6) is 0 Å². The summed E-state index contributed by atoms with van der Waals surface area (Å²) < 4.78 is 0. The molecule has 0 N–H and O–H groups in total. The monoisotopic (exact) mass is 711 g/mol. The zero-order valence-corrected chi connectivity index (χ0v) is 29.6. The van der Waals surface area contributed by atoms with Crippen LogP contribution in [-0.4, -0.2) is 15.0 Å². The first-order chi connectivity index (χ1) is 27.5. The molecular formula is C49H25N7. The van der Waals surface area contributed by atoms with Gasteiger partial charge in [-0.05, 0) is 63.7 Å². The molecule has 7 nitrogen and oxygen atoms in total. The van der Waals surface area contributed by atoms with E-state index in [0.717, 1.165) is 66.3 Å². The summed E-state index contributed by atoms with van der Waals surface area (Å²) >= 11 is 0. The second kappa shape index (κ2) is 13.8. The van der Waals surface area contributed by atoms with Crippen LogP contribution in [0.15, 0.2) is 152 Å². The van der Waals surface area contributed by atoms with E-state index in [4.69, 9.17) is 34.7 Å². The molecule has 9 aromatic rings. The molecule has 2 heterocycles. The Morgan fingerprint density at radius 3 is 1.62 bits per heavy atom. The van der Waals surface area contributed by atoms with Crippen LogP contribution in [0.2, 0.25) is 0 Å². The van der Waals surface area contributed by atoms with Gasteiger partial charge in [-0.1, -0.05) is 121 Å². The van der Waals surface area contributed by atoms with Gasteiger partial charge in [0.2, 0.25) is 0 Å². The van der Waals surface area contributed by atoms with Gasteiger partial charge in [-0.25, -0.2) is 29.5 Å². The fourth-order valence-electron chi connectivity index (χ4n) is 7.24. The van der Waals surface area contributed by atoms with E-state index in [1.165, 1.54) is 0 Å². The molecule has 256 valence electrons. The Morgan fingerprint density at radius 2 is 0.982 bits per heavy atom. The lowest BCUT2D eigenvalue weighted by Crippen LogP contribution is -2.00. The molecule has 0 aliphatic heterocycles. The van der Waals surface area contributed by atoms with Gasteiger partial charge in [0, 0.05) is 27.3 Å². The number of benzene rings is 7. The highest BCUT2D eigenvalue weighted by Gasteiger charge is 2.22. The predicted molar refractivity (Wildman–Crippen MR) is 223 cm³/mol. The number of hydrogen-bond acceptors (Lipinski definition) is 4. The molecule has 0 fully saturated rings. The smallest absolute Gasteiger partial charge is 0.189 e. The molecule has 0 aliphatic carbocycles. The average molecular weight is 712 g/mol. The fourth-order valence-corrected chi connectivity index (χ4v) is 7.24. The van der Waals surface area contributed by atoms with Gasteiger partial charge in [0.05, 0.1) is 59.4 Å². The standard InChI is InChI=1S/C49H25N7/c1-51-37-21-17-34(18-22-37)47-48(35-19-23-38(52-2)24-20-35)56-49-43(55-47)28-41(32-9-5-4-6-10-32)44-40-11-7-8-12-42(40)54-46(45(44)49)33-15-13-31(14-16-33)36-25-30(29-50)26-39(27-36)53-3/h4-28H. The number of para-hydroxylation sites is 1. The molecule has 7 aromatic carbocycles. The third-order valence-electron chi connectivity index (χ3n) is 9.89. The van der Waals surface area contributed by atoms with E-state index in [0.29, 0.717) is 45.0 Å². The van der Waals surface area contributed by atoms with Crippen LogP contribution >= 0.6 is 0 Å². The summed E-state index contributed by atoms with van der Waals surface area (Å²) in [7, 11) is 0. The Kier molecular flexibility index (Phi) is 8.23. The van der Waals surface area contributed by atoms with Crippen molar-refractivity contribution in [2.45, 2.75) is 0 Å². The van der Waals surface area contributed by atoms with Crippen LogP contribution in [0.3, 0.4) is 0 Å². The van der Waals surface area contributed by atoms with E-state index in [1.807, 2.05) is 84.9 Å². The van der Waals surface area contributed by atoms with E-state index in [-0.39, 0.29) is 0 Å². The van der Waals surface area contributed by atoms with Crippen LogP contribution < -0.4 is 0 Å². The fraction of sp³-hybridized carbons (Fsp3) is 0. The normalized spacial score (nSPS) is 10.8. The van der Waals surface area contributed by atoms with Crippen molar-refractivity contribution in [3.8, 4) is 62.1 Å². The van der Waals surface area contributed by atoms with E-state index >= 15 is 0 Å². The minimum atomic E-state index is 0.407. The lowest BCUT2D eigenvalue weighted by atomic mass is 9.91. The van der Waals surface area contributed by atoms with Crippen molar-refractivity contribution < 1.29 is 0 Å². The maximum atomic E-state index is 9.62. The van der Waals surface area contributed by atoms with Crippen molar-refractivity contribution in [3.05, 3.63) is 191 Å². The van der Waals surface area contributed by atoms with Gasteiger partial charge < -0.3 is 0 Å². The number of pyridine rings is 1. The minimum Gasteiger partial charge on any atom is -0.247 e. The Morgan fingerprint density at radius 1 is 0.429 bits per heavy atom. The molecule has 0 saturated heterocycles. The van der Waals surface area contributed by atoms with Gasteiger partial charge >= 0.3 is 0 Å². The average Bonchev–Trinajstić information content (AvgIpc) is 3.28. The lowest BCUT2D eigenvalue weighted by molar-refractivity contribution is 1.30. The molecular weight excluding hydrogens is 687 g/mol. The van der Waals surface area contributed by atoms with Crippen LogP contribution in [0.25, 0.3) is 103 Å². The van der Waals surface area contributed by atoms with E-state index < -0.39 is 0 Å². The molecule has 0 spiro atoms. The van der Waals surface area contributed by atoms with E-state index in [1.54, 1.807) is 42.5 Å². The van der Waals surface area contributed by atoms with Gasteiger partial charge in [0.15, 0.2) is 17.1 Å². The molecule has 0 amide bonds. The summed E-state index contributed by atoms with van der Waals surface area (Å²) in [5.74, 6) is 0. The van der Waals surface area contributed by atoms with Crippen LogP contribution in [0, 0.1) is 31.0 Å². The number of aromatic nitrogens is 3. The van der Waals surface area contributed by atoms with Gasteiger partial charge in [-0.15, -0.1) is 0 Å². The van der Waals surface area contributed by atoms with Crippen LogP contribution in [-0.2, 0) is 0 Å². The van der Waals surface area contributed by atoms with Crippen molar-refractivity contribution in [1.29, 1.82) is 5.26 Å². The molecule has 0 unspecified atom stereocenters. The second-order valence-electron chi connectivity index (χ2n) is 13.2. The summed E-state index contributed by atoms with van der Waals surface area (Å²) in [5.41, 5.74) is 12.2. The molecule has 0 atom stereocenters. The molecule has 7 heteroatoms. The number of fused-ring (bicyclic) bond motifs is 5. The molecule has 56 heavy (non-hydrogen) atoms. The Hall–Kier alpha value is -8.49. The third-order valence-corrected chi connectivity index (χ3v) is 9.89.